The summed E-state index contributed by atoms with van der Waals surface area (Å²) in [5.41, 5.74) is 5.36. The zero-order valence-electron chi connectivity index (χ0n) is 11.7. The number of amides is 2. The van der Waals surface area contributed by atoms with Gasteiger partial charge in [-0.2, -0.15) is 0 Å². The predicted octanol–water partition coefficient (Wildman–Crippen LogP) is 1.68. The van der Waals surface area contributed by atoms with Gasteiger partial charge < -0.3 is 16.2 Å². The largest absolute Gasteiger partial charge is 0.478 e. The van der Waals surface area contributed by atoms with E-state index in [4.69, 9.17) is 10.8 Å². The number of carboxylic acid groups (broad SMARTS) is 1. The van der Waals surface area contributed by atoms with E-state index < -0.39 is 22.0 Å². The van der Waals surface area contributed by atoms with E-state index >= 15 is 0 Å². The summed E-state index contributed by atoms with van der Waals surface area (Å²) >= 11 is 0. The summed E-state index contributed by atoms with van der Waals surface area (Å²) in [4.78, 5) is 21.5. The van der Waals surface area contributed by atoms with Crippen LogP contribution in [-0.4, -0.2) is 25.5 Å². The molecule has 0 aliphatic carbocycles. The number of sulfonamides is 1. The quantitative estimate of drug-likeness (QED) is 0.658. The summed E-state index contributed by atoms with van der Waals surface area (Å²) in [6.07, 6.45) is 0. The second kappa shape index (κ2) is 6.36. The van der Waals surface area contributed by atoms with Crippen molar-refractivity contribution in [3.63, 3.8) is 0 Å². The van der Waals surface area contributed by atoms with Gasteiger partial charge in [0.25, 0.3) is 10.0 Å². The lowest BCUT2D eigenvalue weighted by atomic mass is 10.2. The van der Waals surface area contributed by atoms with Crippen LogP contribution in [0, 0.1) is 0 Å². The Morgan fingerprint density at radius 2 is 1.65 bits per heavy atom. The van der Waals surface area contributed by atoms with Crippen LogP contribution in [0.25, 0.3) is 0 Å². The van der Waals surface area contributed by atoms with Crippen molar-refractivity contribution in [2.24, 2.45) is 5.73 Å². The van der Waals surface area contributed by atoms with Crippen LogP contribution in [-0.2, 0) is 10.0 Å². The minimum absolute atomic E-state index is 0.142. The predicted molar refractivity (Wildman–Crippen MR) is 83.9 cm³/mol. The number of aromatic carboxylic acids is 1. The highest BCUT2D eigenvalue weighted by Gasteiger charge is 2.16. The molecule has 2 aromatic carbocycles. The number of carbonyl (C=O) groups is 2. The lowest BCUT2D eigenvalue weighted by Crippen LogP contribution is -2.19. The molecule has 0 heterocycles. The number of anilines is 2. The summed E-state index contributed by atoms with van der Waals surface area (Å²) in [6.45, 7) is 0. The number of primary amides is 1. The van der Waals surface area contributed by atoms with Gasteiger partial charge in [0.15, 0.2) is 0 Å². The van der Waals surface area contributed by atoms with Crippen molar-refractivity contribution in [2.45, 2.75) is 4.90 Å². The fourth-order valence-electron chi connectivity index (χ4n) is 1.81. The molecule has 0 aliphatic heterocycles. The molecule has 0 saturated carbocycles. The summed E-state index contributed by atoms with van der Waals surface area (Å²) in [7, 11) is -3.97. The van der Waals surface area contributed by atoms with E-state index in [2.05, 4.69) is 10.0 Å². The average molecular weight is 335 g/mol. The molecule has 0 atom stereocenters. The Balaban J connectivity index is 2.29. The third-order valence-corrected chi connectivity index (χ3v) is 4.15. The molecule has 0 aliphatic rings. The molecule has 2 rings (SSSR count). The van der Waals surface area contributed by atoms with E-state index in [1.807, 2.05) is 0 Å². The van der Waals surface area contributed by atoms with Crippen molar-refractivity contribution in [2.75, 3.05) is 10.0 Å². The van der Waals surface area contributed by atoms with E-state index in [1.54, 1.807) is 0 Å². The number of carbonyl (C=O) groups excluding carboxylic acids is 1. The van der Waals surface area contributed by atoms with Crippen molar-refractivity contribution in [1.29, 1.82) is 0 Å². The van der Waals surface area contributed by atoms with E-state index in [0.717, 1.165) is 6.07 Å². The number of benzene rings is 2. The number of nitrogens with two attached hydrogens (primary N) is 1. The first kappa shape index (κ1) is 16.3. The lowest BCUT2D eigenvalue weighted by molar-refractivity contribution is 0.0696. The van der Waals surface area contributed by atoms with Gasteiger partial charge in [-0.1, -0.05) is 12.1 Å². The third-order valence-electron chi connectivity index (χ3n) is 2.77. The van der Waals surface area contributed by atoms with Crippen LogP contribution < -0.4 is 15.8 Å². The fraction of sp³-hybridized carbons (Fsp3) is 0. The van der Waals surface area contributed by atoms with Crippen molar-refractivity contribution in [3.8, 4) is 0 Å². The molecular formula is C14H13N3O5S. The van der Waals surface area contributed by atoms with Gasteiger partial charge in [0.1, 0.15) is 0 Å². The number of carboxylic acids is 1. The fourth-order valence-corrected chi connectivity index (χ4v) is 2.91. The zero-order valence-corrected chi connectivity index (χ0v) is 12.5. The van der Waals surface area contributed by atoms with Crippen LogP contribution in [0.5, 0.6) is 0 Å². The molecule has 0 fully saturated rings. The number of urea groups is 1. The minimum atomic E-state index is -3.97. The zero-order chi connectivity index (χ0) is 17.0. The molecule has 23 heavy (non-hydrogen) atoms. The molecule has 0 unspecified atom stereocenters. The number of hydrogen-bond acceptors (Lipinski definition) is 4. The smallest absolute Gasteiger partial charge is 0.335 e. The highest BCUT2D eigenvalue weighted by molar-refractivity contribution is 7.92. The van der Waals surface area contributed by atoms with Crippen LogP contribution in [0.2, 0.25) is 0 Å². The van der Waals surface area contributed by atoms with E-state index in [-0.39, 0.29) is 16.1 Å². The van der Waals surface area contributed by atoms with E-state index in [0.29, 0.717) is 5.69 Å². The van der Waals surface area contributed by atoms with E-state index in [1.165, 1.54) is 42.5 Å². The van der Waals surface area contributed by atoms with Gasteiger partial charge in [-0.15, -0.1) is 0 Å². The van der Waals surface area contributed by atoms with Crippen molar-refractivity contribution in [1.82, 2.24) is 0 Å². The van der Waals surface area contributed by atoms with Crippen LogP contribution >= 0.6 is 0 Å². The monoisotopic (exact) mass is 335 g/mol. The van der Waals surface area contributed by atoms with Gasteiger partial charge in [-0.25, -0.2) is 18.0 Å². The highest BCUT2D eigenvalue weighted by atomic mass is 32.2. The van der Waals surface area contributed by atoms with Crippen LogP contribution in [0.3, 0.4) is 0 Å². The maximum Gasteiger partial charge on any atom is 0.335 e. The first-order valence-electron chi connectivity index (χ1n) is 6.30. The number of hydrogen-bond donors (Lipinski definition) is 4. The molecule has 120 valence electrons. The summed E-state index contributed by atoms with van der Waals surface area (Å²) < 4.78 is 26.9. The van der Waals surface area contributed by atoms with Crippen LogP contribution in [0.1, 0.15) is 10.4 Å². The molecule has 0 spiro atoms. The lowest BCUT2D eigenvalue weighted by Gasteiger charge is -2.10. The topological polar surface area (TPSA) is 139 Å². The van der Waals surface area contributed by atoms with Gasteiger partial charge in [-0.05, 0) is 36.4 Å². The van der Waals surface area contributed by atoms with Gasteiger partial charge in [0, 0.05) is 5.69 Å². The molecular weight excluding hydrogens is 322 g/mol. The average Bonchev–Trinajstić information content (AvgIpc) is 2.46. The number of rotatable bonds is 5. The number of nitrogens with one attached hydrogen (secondary N) is 2. The molecule has 2 amide bonds. The molecule has 0 aromatic heterocycles. The SMILES string of the molecule is NC(=O)Nc1cccc(NS(=O)(=O)c2cccc(C(=O)O)c2)c1. The van der Waals surface area contributed by atoms with Gasteiger partial charge in [0.2, 0.25) is 0 Å². The second-order valence-electron chi connectivity index (χ2n) is 4.51. The molecule has 0 radical (unpaired) electrons. The normalized spacial score (nSPS) is 10.8. The molecule has 2 aromatic rings. The standard InChI is InChI=1S/C14H13N3O5S/c15-14(20)16-10-4-2-5-11(8-10)17-23(21,22)12-6-1-3-9(7-12)13(18)19/h1-8,17H,(H,18,19)(H3,15,16,20). The van der Waals surface area contributed by atoms with Crippen molar-refractivity contribution in [3.05, 3.63) is 54.1 Å². The Hall–Kier alpha value is -3.07. The van der Waals surface area contributed by atoms with Gasteiger partial charge >= 0.3 is 12.0 Å². The van der Waals surface area contributed by atoms with Crippen molar-refractivity contribution >= 4 is 33.4 Å². The van der Waals surface area contributed by atoms with Crippen LogP contribution in [0.4, 0.5) is 16.2 Å². The Morgan fingerprint density at radius 3 is 2.30 bits per heavy atom. The molecule has 8 nitrogen and oxygen atoms in total. The first-order chi connectivity index (χ1) is 10.8. The second-order valence-corrected chi connectivity index (χ2v) is 6.19. The maximum atomic E-state index is 12.3. The maximum absolute atomic E-state index is 12.3. The van der Waals surface area contributed by atoms with Crippen molar-refractivity contribution < 1.29 is 23.1 Å². The Bertz CT molecular complexity index is 864. The molecule has 0 saturated heterocycles. The third kappa shape index (κ3) is 4.20. The Labute approximate surface area is 132 Å². The Kier molecular flexibility index (Phi) is 4.51. The van der Waals surface area contributed by atoms with Crippen LogP contribution in [0.15, 0.2) is 53.4 Å². The van der Waals surface area contributed by atoms with Gasteiger partial charge in [-0.3, -0.25) is 4.72 Å². The highest BCUT2D eigenvalue weighted by Crippen LogP contribution is 2.20. The summed E-state index contributed by atoms with van der Waals surface area (Å²) in [5, 5.41) is 11.2. The molecule has 9 heteroatoms. The molecule has 0 bridgehead atoms. The summed E-state index contributed by atoms with van der Waals surface area (Å²) in [6, 6.07) is 10.1. The first-order valence-corrected chi connectivity index (χ1v) is 7.79. The molecule has 5 N–H and O–H groups in total. The minimum Gasteiger partial charge on any atom is -0.478 e. The Morgan fingerprint density at radius 1 is 1.00 bits per heavy atom. The van der Waals surface area contributed by atoms with Gasteiger partial charge in [0.05, 0.1) is 16.1 Å². The van der Waals surface area contributed by atoms with E-state index in [9.17, 15) is 18.0 Å². The summed E-state index contributed by atoms with van der Waals surface area (Å²) in [5.74, 6) is -1.23.